The van der Waals surface area contributed by atoms with E-state index in [1.165, 1.54) is 0 Å². The van der Waals surface area contributed by atoms with Gasteiger partial charge in [-0.1, -0.05) is 34.7 Å². The number of amides is 1. The summed E-state index contributed by atoms with van der Waals surface area (Å²) in [7, 11) is 0. The number of hydrogen-bond donors (Lipinski definition) is 1. The number of allylic oxidation sites excluding steroid dienone is 2. The molecule has 0 radical (unpaired) electrons. The second-order valence-corrected chi connectivity index (χ2v) is 4.76. The van der Waals surface area contributed by atoms with Crippen LogP contribution < -0.4 is 5.73 Å². The maximum atomic E-state index is 11.0. The molecule has 2 N–H and O–H groups in total. The van der Waals surface area contributed by atoms with Crippen LogP contribution in [0.4, 0.5) is 0 Å². The highest BCUT2D eigenvalue weighted by atomic mass is 127. The van der Waals surface area contributed by atoms with E-state index in [2.05, 4.69) is 34.7 Å². The van der Waals surface area contributed by atoms with E-state index in [0.717, 1.165) is 6.42 Å². The summed E-state index contributed by atoms with van der Waals surface area (Å²) in [6, 6.07) is 0. The first-order valence-corrected chi connectivity index (χ1v) is 5.06. The first-order chi connectivity index (χ1) is 5.20. The molecule has 0 spiro atoms. The summed E-state index contributed by atoms with van der Waals surface area (Å²) in [5, 5.41) is 0. The van der Waals surface area contributed by atoms with Crippen LogP contribution in [0.2, 0.25) is 0 Å². The summed E-state index contributed by atoms with van der Waals surface area (Å²) >= 11 is 2.35. The molecule has 60 valence electrons. The summed E-state index contributed by atoms with van der Waals surface area (Å²) in [6.45, 7) is 0. The first kappa shape index (κ1) is 7.58. The van der Waals surface area contributed by atoms with Crippen molar-refractivity contribution in [2.24, 2.45) is 23.5 Å². The Bertz CT molecular complexity index is 226. The Hall–Kier alpha value is -0.0600. The molecule has 0 aromatic heterocycles. The van der Waals surface area contributed by atoms with Crippen molar-refractivity contribution in [2.75, 3.05) is 0 Å². The molecule has 2 aliphatic rings. The highest BCUT2D eigenvalue weighted by Gasteiger charge is 2.45. The third kappa shape index (κ3) is 1.01. The maximum absolute atomic E-state index is 11.0. The Labute approximate surface area is 79.4 Å². The molecular formula is C8H10INO. The Kier molecular flexibility index (Phi) is 1.70. The van der Waals surface area contributed by atoms with Gasteiger partial charge in [0.1, 0.15) is 0 Å². The molecule has 1 fully saturated rings. The Morgan fingerprint density at radius 1 is 1.45 bits per heavy atom. The fourth-order valence-electron chi connectivity index (χ4n) is 2.13. The molecule has 0 aliphatic heterocycles. The normalized spacial score (nSPS) is 46.6. The van der Waals surface area contributed by atoms with E-state index in [1.807, 2.05) is 0 Å². The average molecular weight is 263 g/mol. The Morgan fingerprint density at radius 2 is 2.09 bits per heavy atom. The largest absolute Gasteiger partial charge is 0.369 e. The van der Waals surface area contributed by atoms with Crippen molar-refractivity contribution in [1.82, 2.24) is 0 Å². The number of nitrogens with two attached hydrogens (primary N) is 1. The topological polar surface area (TPSA) is 43.1 Å². The second-order valence-electron chi connectivity index (χ2n) is 3.32. The number of hydrogen-bond acceptors (Lipinski definition) is 1. The summed E-state index contributed by atoms with van der Waals surface area (Å²) in [6.07, 6.45) is 5.51. The van der Waals surface area contributed by atoms with Gasteiger partial charge in [0, 0.05) is 3.92 Å². The van der Waals surface area contributed by atoms with Crippen LogP contribution in [0.15, 0.2) is 12.2 Å². The SMILES string of the molecule is NC(=O)[C@@H]1[C@H](I)[C@H]2C=C[C@@H]1C2. The van der Waals surface area contributed by atoms with E-state index in [4.69, 9.17) is 5.73 Å². The van der Waals surface area contributed by atoms with Crippen molar-refractivity contribution in [3.63, 3.8) is 0 Å². The lowest BCUT2D eigenvalue weighted by Gasteiger charge is -2.19. The van der Waals surface area contributed by atoms with Gasteiger partial charge in [-0.05, 0) is 18.3 Å². The third-order valence-electron chi connectivity index (χ3n) is 2.69. The van der Waals surface area contributed by atoms with Gasteiger partial charge in [0.15, 0.2) is 0 Å². The van der Waals surface area contributed by atoms with Crippen LogP contribution >= 0.6 is 22.6 Å². The van der Waals surface area contributed by atoms with E-state index in [1.54, 1.807) is 0 Å². The highest BCUT2D eigenvalue weighted by molar-refractivity contribution is 14.1. The molecule has 0 aromatic carbocycles. The molecule has 1 amide bonds. The monoisotopic (exact) mass is 263 g/mol. The van der Waals surface area contributed by atoms with Crippen molar-refractivity contribution in [3.05, 3.63) is 12.2 Å². The summed E-state index contributed by atoms with van der Waals surface area (Å²) < 4.78 is 0.445. The fourth-order valence-corrected chi connectivity index (χ4v) is 3.55. The molecule has 1 saturated carbocycles. The van der Waals surface area contributed by atoms with Gasteiger partial charge in [0.2, 0.25) is 5.91 Å². The van der Waals surface area contributed by atoms with Gasteiger partial charge in [0.25, 0.3) is 0 Å². The molecule has 0 aromatic rings. The zero-order valence-electron chi connectivity index (χ0n) is 6.03. The van der Waals surface area contributed by atoms with E-state index in [9.17, 15) is 4.79 Å². The van der Waals surface area contributed by atoms with Crippen molar-refractivity contribution in [2.45, 2.75) is 10.3 Å². The van der Waals surface area contributed by atoms with Crippen molar-refractivity contribution in [1.29, 1.82) is 0 Å². The standard InChI is InChI=1S/C8H10INO/c9-7-5-2-1-4(3-5)6(7)8(10)11/h1-2,4-7H,3H2,(H2,10,11)/t4-,5+,6+,7-/m1/s1. The number of primary amides is 1. The van der Waals surface area contributed by atoms with E-state index in [0.29, 0.717) is 15.8 Å². The molecule has 0 unspecified atom stereocenters. The van der Waals surface area contributed by atoms with Gasteiger partial charge in [-0.2, -0.15) is 0 Å². The van der Waals surface area contributed by atoms with E-state index < -0.39 is 0 Å². The van der Waals surface area contributed by atoms with Crippen LogP contribution in [-0.4, -0.2) is 9.83 Å². The lowest BCUT2D eigenvalue weighted by Crippen LogP contribution is -2.33. The maximum Gasteiger partial charge on any atom is 0.222 e. The zero-order valence-corrected chi connectivity index (χ0v) is 8.19. The zero-order chi connectivity index (χ0) is 8.01. The smallest absolute Gasteiger partial charge is 0.222 e. The first-order valence-electron chi connectivity index (χ1n) is 3.82. The molecule has 3 heteroatoms. The second kappa shape index (κ2) is 2.47. The summed E-state index contributed by atoms with van der Waals surface area (Å²) in [5.74, 6) is 1.03. The number of halogens is 1. The van der Waals surface area contributed by atoms with Crippen LogP contribution in [0.1, 0.15) is 6.42 Å². The van der Waals surface area contributed by atoms with Gasteiger partial charge in [-0.3, -0.25) is 4.79 Å². The number of fused-ring (bicyclic) bond motifs is 2. The predicted octanol–water partition coefficient (Wildman–Crippen LogP) is 1.10. The lowest BCUT2D eigenvalue weighted by molar-refractivity contribution is -0.122. The van der Waals surface area contributed by atoms with E-state index >= 15 is 0 Å². The van der Waals surface area contributed by atoms with Crippen LogP contribution in [0.5, 0.6) is 0 Å². The third-order valence-corrected chi connectivity index (χ3v) is 4.39. The van der Waals surface area contributed by atoms with Gasteiger partial charge in [0.05, 0.1) is 5.92 Å². The molecule has 11 heavy (non-hydrogen) atoms. The van der Waals surface area contributed by atoms with Crippen LogP contribution in [0.25, 0.3) is 0 Å². The molecule has 2 rings (SSSR count). The lowest BCUT2D eigenvalue weighted by atomic mass is 9.93. The quantitative estimate of drug-likeness (QED) is 0.429. The summed E-state index contributed by atoms with van der Waals surface area (Å²) in [4.78, 5) is 11.0. The number of rotatable bonds is 1. The summed E-state index contributed by atoms with van der Waals surface area (Å²) in [5.41, 5.74) is 5.30. The van der Waals surface area contributed by atoms with Crippen LogP contribution in [-0.2, 0) is 4.79 Å². The minimum Gasteiger partial charge on any atom is -0.369 e. The van der Waals surface area contributed by atoms with Gasteiger partial charge in [-0.15, -0.1) is 0 Å². The van der Waals surface area contributed by atoms with Crippen LogP contribution in [0, 0.1) is 17.8 Å². The molecule has 0 heterocycles. The minimum atomic E-state index is -0.124. The molecular weight excluding hydrogens is 253 g/mol. The predicted molar refractivity (Wildman–Crippen MR) is 51.2 cm³/mol. The molecule has 4 atom stereocenters. The van der Waals surface area contributed by atoms with Crippen molar-refractivity contribution in [3.8, 4) is 0 Å². The minimum absolute atomic E-state index is 0.102. The Morgan fingerprint density at radius 3 is 2.45 bits per heavy atom. The van der Waals surface area contributed by atoms with Crippen LogP contribution in [0.3, 0.4) is 0 Å². The average Bonchev–Trinajstić information content (AvgIpc) is 2.44. The number of alkyl halides is 1. The fraction of sp³-hybridized carbons (Fsp3) is 0.625. The Balaban J connectivity index is 2.25. The van der Waals surface area contributed by atoms with Crippen molar-refractivity contribution >= 4 is 28.5 Å². The van der Waals surface area contributed by atoms with Crippen molar-refractivity contribution < 1.29 is 4.79 Å². The number of carbonyl (C=O) groups is 1. The molecule has 2 bridgehead atoms. The number of carbonyl (C=O) groups excluding carboxylic acids is 1. The van der Waals surface area contributed by atoms with Gasteiger partial charge < -0.3 is 5.73 Å². The van der Waals surface area contributed by atoms with E-state index in [-0.39, 0.29) is 11.8 Å². The molecule has 0 saturated heterocycles. The van der Waals surface area contributed by atoms with Gasteiger partial charge >= 0.3 is 0 Å². The highest BCUT2D eigenvalue weighted by Crippen LogP contribution is 2.47. The van der Waals surface area contributed by atoms with Gasteiger partial charge in [-0.25, -0.2) is 0 Å². The molecule has 2 nitrogen and oxygen atoms in total. The molecule has 2 aliphatic carbocycles.